The smallest absolute Gasteiger partial charge is 0.275 e. The van der Waals surface area contributed by atoms with Gasteiger partial charge in [-0.2, -0.15) is 5.10 Å². The van der Waals surface area contributed by atoms with Crippen molar-refractivity contribution < 1.29 is 4.79 Å². The number of nitrogens with one attached hydrogen (secondary N) is 3. The highest BCUT2D eigenvalue weighted by molar-refractivity contribution is 5.79. The summed E-state index contributed by atoms with van der Waals surface area (Å²) in [4.78, 5) is 25.9. The highest BCUT2D eigenvalue weighted by atomic mass is 16.2. The fourth-order valence-electron chi connectivity index (χ4n) is 3.42. The number of hydrogen-bond acceptors (Lipinski definition) is 4. The fourth-order valence-corrected chi connectivity index (χ4v) is 3.42. The summed E-state index contributed by atoms with van der Waals surface area (Å²) < 4.78 is 1.59. The molecule has 2 aromatic heterocycles. The molecule has 0 bridgehead atoms. The van der Waals surface area contributed by atoms with Gasteiger partial charge >= 0.3 is 0 Å². The summed E-state index contributed by atoms with van der Waals surface area (Å²) in [6.07, 6.45) is 5.25. The molecule has 1 aliphatic heterocycles. The summed E-state index contributed by atoms with van der Waals surface area (Å²) in [5, 5.41) is 10.8. The van der Waals surface area contributed by atoms with Crippen LogP contribution >= 0.6 is 0 Å². The van der Waals surface area contributed by atoms with Gasteiger partial charge in [-0.15, -0.1) is 0 Å². The molecule has 4 rings (SSSR count). The van der Waals surface area contributed by atoms with Crippen LogP contribution in [0, 0.1) is 0 Å². The molecule has 21 heavy (non-hydrogen) atoms. The summed E-state index contributed by atoms with van der Waals surface area (Å²) in [6.45, 7) is 0.526. The van der Waals surface area contributed by atoms with Crippen LogP contribution in [0.5, 0.6) is 0 Å². The molecule has 1 aliphatic carbocycles. The Hall–Kier alpha value is -2.15. The van der Waals surface area contributed by atoms with Crippen LogP contribution in [0.3, 0.4) is 0 Å². The van der Waals surface area contributed by atoms with E-state index in [9.17, 15) is 9.59 Å². The Labute approximate surface area is 120 Å². The molecule has 1 saturated carbocycles. The van der Waals surface area contributed by atoms with Crippen LogP contribution in [-0.4, -0.2) is 32.1 Å². The third-order valence-electron chi connectivity index (χ3n) is 4.51. The lowest BCUT2D eigenvalue weighted by atomic mass is 9.72. The van der Waals surface area contributed by atoms with Crippen LogP contribution in [0.1, 0.15) is 31.5 Å². The van der Waals surface area contributed by atoms with Gasteiger partial charge in [-0.1, -0.05) is 0 Å². The van der Waals surface area contributed by atoms with Crippen molar-refractivity contribution in [2.45, 2.75) is 43.8 Å². The Kier molecular flexibility index (Phi) is 2.65. The minimum absolute atomic E-state index is 0.0277. The van der Waals surface area contributed by atoms with Crippen LogP contribution in [0.2, 0.25) is 0 Å². The fraction of sp³-hybridized carbons (Fsp3) is 0.500. The monoisotopic (exact) mass is 287 g/mol. The van der Waals surface area contributed by atoms with Crippen molar-refractivity contribution in [3.8, 4) is 0 Å². The third kappa shape index (κ3) is 2.13. The van der Waals surface area contributed by atoms with E-state index in [1.54, 1.807) is 22.8 Å². The molecular formula is C14H17N5O2. The van der Waals surface area contributed by atoms with Gasteiger partial charge in [0.1, 0.15) is 11.3 Å². The van der Waals surface area contributed by atoms with Gasteiger partial charge in [0.2, 0.25) is 5.91 Å². The second-order valence-corrected chi connectivity index (χ2v) is 6.05. The van der Waals surface area contributed by atoms with E-state index < -0.39 is 0 Å². The average molecular weight is 287 g/mol. The molecule has 2 fully saturated rings. The number of amides is 1. The van der Waals surface area contributed by atoms with Crippen LogP contribution in [0.25, 0.3) is 5.52 Å². The van der Waals surface area contributed by atoms with Crippen molar-refractivity contribution in [2.24, 2.45) is 0 Å². The Morgan fingerprint density at radius 1 is 1.43 bits per heavy atom. The van der Waals surface area contributed by atoms with E-state index in [0.29, 0.717) is 30.3 Å². The summed E-state index contributed by atoms with van der Waals surface area (Å²) in [7, 11) is 0. The van der Waals surface area contributed by atoms with E-state index in [1.165, 1.54) is 0 Å². The molecule has 7 nitrogen and oxygen atoms in total. The number of fused-ring (bicyclic) bond motifs is 1. The molecule has 2 aromatic rings. The highest BCUT2D eigenvalue weighted by Crippen LogP contribution is 2.39. The number of aromatic amines is 1. The molecular weight excluding hydrogens is 270 g/mol. The number of carbonyl (C=O) groups excluding carboxylic acids is 1. The SMILES string of the molecule is O=C1CCC2(CC(NCc3nn4cccc4c(=O)[nH]3)C2)N1. The number of hydrogen-bond donors (Lipinski definition) is 3. The zero-order valence-corrected chi connectivity index (χ0v) is 11.6. The number of carbonyl (C=O) groups is 1. The van der Waals surface area contributed by atoms with Crippen molar-refractivity contribution in [3.63, 3.8) is 0 Å². The van der Waals surface area contributed by atoms with Crippen LogP contribution in [-0.2, 0) is 11.3 Å². The number of rotatable bonds is 3. The van der Waals surface area contributed by atoms with Crippen LogP contribution in [0.4, 0.5) is 0 Å². The lowest BCUT2D eigenvalue weighted by Crippen LogP contribution is -2.59. The van der Waals surface area contributed by atoms with E-state index in [1.807, 2.05) is 0 Å². The van der Waals surface area contributed by atoms with Gasteiger partial charge < -0.3 is 15.6 Å². The summed E-state index contributed by atoms with van der Waals surface area (Å²) in [5.74, 6) is 0.789. The Bertz CT molecular complexity index is 756. The molecule has 2 aliphatic rings. The molecule has 0 atom stereocenters. The predicted octanol–water partition coefficient (Wildman–Crippen LogP) is -0.0766. The standard InChI is InChI=1S/C14H17N5O2/c20-12-3-4-14(17-12)6-9(7-14)15-8-11-16-13(21)10-2-1-5-19(10)18-11/h1-2,5,9,15H,3-4,6-8H2,(H,17,20)(H,16,18,21). The van der Waals surface area contributed by atoms with Crippen molar-refractivity contribution in [1.82, 2.24) is 25.2 Å². The first kappa shape index (κ1) is 12.6. The average Bonchev–Trinajstić information content (AvgIpc) is 3.01. The molecule has 1 saturated heterocycles. The zero-order chi connectivity index (χ0) is 14.4. The first-order valence-corrected chi connectivity index (χ1v) is 7.25. The van der Waals surface area contributed by atoms with Gasteiger partial charge in [0.25, 0.3) is 5.56 Å². The first-order valence-electron chi connectivity index (χ1n) is 7.25. The lowest BCUT2D eigenvalue weighted by Gasteiger charge is -2.45. The predicted molar refractivity (Wildman–Crippen MR) is 75.8 cm³/mol. The quantitative estimate of drug-likeness (QED) is 0.736. The summed E-state index contributed by atoms with van der Waals surface area (Å²) in [5.41, 5.74) is 0.454. The molecule has 110 valence electrons. The zero-order valence-electron chi connectivity index (χ0n) is 11.6. The van der Waals surface area contributed by atoms with E-state index in [0.717, 1.165) is 19.3 Å². The van der Waals surface area contributed by atoms with Crippen molar-refractivity contribution in [1.29, 1.82) is 0 Å². The minimum atomic E-state index is -0.125. The lowest BCUT2D eigenvalue weighted by molar-refractivity contribution is -0.120. The van der Waals surface area contributed by atoms with Gasteiger partial charge in [0.05, 0.1) is 6.54 Å². The topological polar surface area (TPSA) is 91.3 Å². The summed E-state index contributed by atoms with van der Waals surface area (Å²) in [6, 6.07) is 3.91. The Morgan fingerprint density at radius 3 is 3.05 bits per heavy atom. The second-order valence-electron chi connectivity index (χ2n) is 6.05. The van der Waals surface area contributed by atoms with Gasteiger partial charge in [-0.25, -0.2) is 4.52 Å². The molecule has 7 heteroatoms. The maximum atomic E-state index is 11.8. The summed E-state index contributed by atoms with van der Waals surface area (Å²) >= 11 is 0. The molecule has 0 radical (unpaired) electrons. The first-order chi connectivity index (χ1) is 10.1. The van der Waals surface area contributed by atoms with E-state index in [4.69, 9.17) is 0 Å². The van der Waals surface area contributed by atoms with E-state index in [2.05, 4.69) is 20.7 Å². The Balaban J connectivity index is 1.39. The third-order valence-corrected chi connectivity index (χ3v) is 4.51. The molecule has 0 aromatic carbocycles. The number of nitrogens with zero attached hydrogens (tertiary/aromatic N) is 2. The Morgan fingerprint density at radius 2 is 2.29 bits per heavy atom. The molecule has 3 heterocycles. The molecule has 1 amide bonds. The highest BCUT2D eigenvalue weighted by Gasteiger charge is 2.48. The largest absolute Gasteiger partial charge is 0.351 e. The van der Waals surface area contributed by atoms with Gasteiger partial charge in [-0.05, 0) is 31.4 Å². The van der Waals surface area contributed by atoms with Crippen molar-refractivity contribution in [2.75, 3.05) is 0 Å². The van der Waals surface area contributed by atoms with Gasteiger partial charge in [0.15, 0.2) is 0 Å². The number of aromatic nitrogens is 3. The normalized spacial score (nSPS) is 28.0. The molecule has 3 N–H and O–H groups in total. The second kappa shape index (κ2) is 4.42. The van der Waals surface area contributed by atoms with Crippen molar-refractivity contribution >= 4 is 11.4 Å². The van der Waals surface area contributed by atoms with Crippen molar-refractivity contribution in [3.05, 3.63) is 34.5 Å². The number of H-pyrrole nitrogens is 1. The van der Waals surface area contributed by atoms with Crippen LogP contribution < -0.4 is 16.2 Å². The maximum absolute atomic E-state index is 11.8. The molecule has 0 unspecified atom stereocenters. The van der Waals surface area contributed by atoms with Gasteiger partial charge in [0, 0.05) is 24.2 Å². The maximum Gasteiger partial charge on any atom is 0.275 e. The van der Waals surface area contributed by atoms with Crippen LogP contribution in [0.15, 0.2) is 23.1 Å². The van der Waals surface area contributed by atoms with Gasteiger partial charge in [-0.3, -0.25) is 9.59 Å². The minimum Gasteiger partial charge on any atom is -0.351 e. The van der Waals surface area contributed by atoms with E-state index >= 15 is 0 Å². The van der Waals surface area contributed by atoms with E-state index in [-0.39, 0.29) is 17.0 Å². The molecule has 1 spiro atoms.